The van der Waals surface area contributed by atoms with Crippen molar-refractivity contribution in [1.82, 2.24) is 20.1 Å². The van der Waals surface area contributed by atoms with Crippen LogP contribution in [-0.4, -0.2) is 72.7 Å². The number of carbonyl (C=O) groups excluding carboxylic acids is 1. The zero-order valence-electron chi connectivity index (χ0n) is 16.9. The van der Waals surface area contributed by atoms with Gasteiger partial charge in [-0.15, -0.1) is 0 Å². The summed E-state index contributed by atoms with van der Waals surface area (Å²) in [4.78, 5) is 23.2. The molecule has 158 valence electrons. The minimum Gasteiger partial charge on any atom is -0.459 e. The molecule has 9 heteroatoms. The molecule has 1 atom stereocenters. The summed E-state index contributed by atoms with van der Waals surface area (Å²) < 4.78 is 11.1. The molecule has 5 rings (SSSR count). The third-order valence-corrected chi connectivity index (χ3v) is 6.22. The number of aromatic nitrogens is 1. The highest BCUT2D eigenvalue weighted by atomic mass is 16.4. The number of anilines is 1. The molecule has 9 nitrogen and oxygen atoms in total. The highest BCUT2D eigenvalue weighted by Gasteiger charge is 2.34. The van der Waals surface area contributed by atoms with Crippen LogP contribution in [-0.2, 0) is 0 Å². The first-order valence-corrected chi connectivity index (χ1v) is 10.7. The fraction of sp³-hybridized carbons (Fsp3) is 0.571. The summed E-state index contributed by atoms with van der Waals surface area (Å²) in [6, 6.07) is 6.38. The lowest BCUT2D eigenvalue weighted by molar-refractivity contribution is 0.191. The lowest BCUT2D eigenvalue weighted by atomic mass is 10.1. The van der Waals surface area contributed by atoms with Gasteiger partial charge < -0.3 is 28.9 Å². The Bertz CT molecular complexity index is 921. The van der Waals surface area contributed by atoms with E-state index in [1.54, 1.807) is 12.1 Å². The molecule has 0 aromatic carbocycles. The molecule has 1 unspecified atom stereocenters. The van der Waals surface area contributed by atoms with Crippen LogP contribution in [0.25, 0.3) is 11.7 Å². The molecule has 0 radical (unpaired) electrons. The molecule has 2 aromatic rings. The molecule has 3 fully saturated rings. The summed E-state index contributed by atoms with van der Waals surface area (Å²) in [5.74, 6) is 1.78. The maximum atomic E-state index is 12.6. The highest BCUT2D eigenvalue weighted by molar-refractivity contribution is 5.74. The summed E-state index contributed by atoms with van der Waals surface area (Å²) in [5.41, 5.74) is 0.237. The van der Waals surface area contributed by atoms with E-state index in [4.69, 9.17) is 8.83 Å². The second-order valence-electron chi connectivity index (χ2n) is 8.30. The van der Waals surface area contributed by atoms with Crippen molar-refractivity contribution in [3.05, 3.63) is 24.1 Å². The van der Waals surface area contributed by atoms with Crippen LogP contribution in [0.4, 0.5) is 10.7 Å². The molecular weight excluding hydrogens is 384 g/mol. The molecule has 1 saturated carbocycles. The van der Waals surface area contributed by atoms with Gasteiger partial charge in [0.2, 0.25) is 11.6 Å². The van der Waals surface area contributed by atoms with Crippen LogP contribution in [0.2, 0.25) is 0 Å². The van der Waals surface area contributed by atoms with E-state index in [1.165, 1.54) is 32.1 Å². The SMILES string of the molecule is N#Cc1nc(-c2ccco2)oc1N1CCN(C(=O)NCC2CCN(C3CC3)C2)CC1. The quantitative estimate of drug-likeness (QED) is 0.805. The smallest absolute Gasteiger partial charge is 0.317 e. The van der Waals surface area contributed by atoms with E-state index in [9.17, 15) is 10.1 Å². The number of oxazole rings is 1. The number of rotatable bonds is 5. The van der Waals surface area contributed by atoms with Crippen LogP contribution < -0.4 is 10.2 Å². The van der Waals surface area contributed by atoms with E-state index in [0.29, 0.717) is 49.6 Å². The average Bonchev–Trinajstić information content (AvgIpc) is 3.17. The third kappa shape index (κ3) is 3.87. The summed E-state index contributed by atoms with van der Waals surface area (Å²) in [5, 5.41) is 12.5. The molecule has 4 heterocycles. The zero-order valence-corrected chi connectivity index (χ0v) is 16.9. The standard InChI is InChI=1S/C21H26N6O3/c22-12-17-20(30-19(24-17)18-2-1-11-29-18)25-7-9-26(10-8-25)21(28)23-13-15-5-6-27(14-15)16-3-4-16/h1-2,11,15-16H,3-10,13-14H2,(H,23,28). The molecule has 2 aromatic heterocycles. The third-order valence-electron chi connectivity index (χ3n) is 6.22. The number of piperazine rings is 1. The van der Waals surface area contributed by atoms with Gasteiger partial charge in [-0.25, -0.2) is 4.79 Å². The van der Waals surface area contributed by atoms with Crippen molar-refractivity contribution >= 4 is 11.9 Å². The van der Waals surface area contributed by atoms with Gasteiger partial charge in [0.1, 0.15) is 6.07 Å². The van der Waals surface area contributed by atoms with E-state index in [0.717, 1.165) is 19.1 Å². The van der Waals surface area contributed by atoms with Crippen molar-refractivity contribution < 1.29 is 13.6 Å². The van der Waals surface area contributed by atoms with E-state index >= 15 is 0 Å². The van der Waals surface area contributed by atoms with Crippen LogP contribution >= 0.6 is 0 Å². The van der Waals surface area contributed by atoms with E-state index in [2.05, 4.69) is 21.3 Å². The number of nitrogens with one attached hydrogen (secondary N) is 1. The fourth-order valence-electron chi connectivity index (χ4n) is 4.36. The average molecular weight is 410 g/mol. The van der Waals surface area contributed by atoms with Gasteiger partial charge in [-0.2, -0.15) is 10.2 Å². The Balaban J connectivity index is 1.13. The molecule has 0 bridgehead atoms. The highest BCUT2D eigenvalue weighted by Crippen LogP contribution is 2.31. The van der Waals surface area contributed by atoms with Crippen molar-refractivity contribution in [3.8, 4) is 17.7 Å². The van der Waals surface area contributed by atoms with Gasteiger partial charge >= 0.3 is 6.03 Å². The molecule has 0 spiro atoms. The van der Waals surface area contributed by atoms with Gasteiger partial charge in [-0.05, 0) is 43.9 Å². The van der Waals surface area contributed by atoms with Crippen molar-refractivity contribution in [2.75, 3.05) is 50.7 Å². The number of urea groups is 1. The first kappa shape index (κ1) is 19.0. The van der Waals surface area contributed by atoms with Crippen LogP contribution in [0, 0.1) is 17.2 Å². The number of hydrogen-bond donors (Lipinski definition) is 1. The normalized spacial score (nSPS) is 22.3. The number of carbonyl (C=O) groups is 1. The second-order valence-corrected chi connectivity index (χ2v) is 8.30. The van der Waals surface area contributed by atoms with Crippen molar-refractivity contribution in [1.29, 1.82) is 5.26 Å². The number of hydrogen-bond acceptors (Lipinski definition) is 7. The molecule has 3 aliphatic rings. The van der Waals surface area contributed by atoms with E-state index in [1.807, 2.05) is 9.80 Å². The van der Waals surface area contributed by atoms with Gasteiger partial charge in [0.25, 0.3) is 5.89 Å². The van der Waals surface area contributed by atoms with Crippen LogP contribution in [0.5, 0.6) is 0 Å². The number of likely N-dealkylation sites (tertiary alicyclic amines) is 1. The Labute approximate surface area is 175 Å². The molecule has 2 saturated heterocycles. The van der Waals surface area contributed by atoms with Crippen LogP contribution in [0.15, 0.2) is 27.2 Å². The zero-order chi connectivity index (χ0) is 20.5. The van der Waals surface area contributed by atoms with Gasteiger partial charge in [0.05, 0.1) is 6.26 Å². The Morgan fingerprint density at radius 3 is 2.77 bits per heavy atom. The fourth-order valence-corrected chi connectivity index (χ4v) is 4.36. The topological polar surface area (TPSA) is 102 Å². The Morgan fingerprint density at radius 1 is 1.23 bits per heavy atom. The van der Waals surface area contributed by atoms with Gasteiger partial charge in [0, 0.05) is 45.3 Å². The number of amides is 2. The first-order valence-electron chi connectivity index (χ1n) is 10.7. The van der Waals surface area contributed by atoms with Gasteiger partial charge in [-0.3, -0.25) is 0 Å². The molecule has 2 aliphatic heterocycles. The molecule has 2 amide bonds. The summed E-state index contributed by atoms with van der Waals surface area (Å²) in [7, 11) is 0. The number of furan rings is 1. The Hall–Kier alpha value is -2.99. The first-order chi connectivity index (χ1) is 14.7. The van der Waals surface area contributed by atoms with E-state index < -0.39 is 0 Å². The van der Waals surface area contributed by atoms with Gasteiger partial charge in [-0.1, -0.05) is 0 Å². The Kier molecular flexibility index (Phi) is 5.09. The Morgan fingerprint density at radius 2 is 2.07 bits per heavy atom. The second kappa shape index (κ2) is 8.03. The largest absolute Gasteiger partial charge is 0.459 e. The van der Waals surface area contributed by atoms with E-state index in [-0.39, 0.29) is 11.7 Å². The summed E-state index contributed by atoms with van der Waals surface area (Å²) >= 11 is 0. The number of nitriles is 1. The van der Waals surface area contributed by atoms with Gasteiger partial charge in [0.15, 0.2) is 5.76 Å². The lowest BCUT2D eigenvalue weighted by Crippen LogP contribution is -2.52. The number of nitrogens with zero attached hydrogens (tertiary/aromatic N) is 5. The van der Waals surface area contributed by atoms with Crippen molar-refractivity contribution in [2.24, 2.45) is 5.92 Å². The monoisotopic (exact) mass is 410 g/mol. The molecule has 30 heavy (non-hydrogen) atoms. The lowest BCUT2D eigenvalue weighted by Gasteiger charge is -2.34. The van der Waals surface area contributed by atoms with Crippen molar-refractivity contribution in [2.45, 2.75) is 25.3 Å². The van der Waals surface area contributed by atoms with Crippen LogP contribution in [0.1, 0.15) is 25.0 Å². The van der Waals surface area contributed by atoms with Crippen molar-refractivity contribution in [3.63, 3.8) is 0 Å². The minimum atomic E-state index is -0.00567. The maximum Gasteiger partial charge on any atom is 0.317 e. The summed E-state index contributed by atoms with van der Waals surface area (Å²) in [6.07, 6.45) is 5.39. The predicted octanol–water partition coefficient (Wildman–Crippen LogP) is 2.12. The molecule has 1 aliphatic carbocycles. The van der Waals surface area contributed by atoms with Crippen LogP contribution in [0.3, 0.4) is 0 Å². The summed E-state index contributed by atoms with van der Waals surface area (Å²) in [6.45, 7) is 5.36. The maximum absolute atomic E-state index is 12.6. The molecular formula is C21H26N6O3. The molecule has 1 N–H and O–H groups in total. The predicted molar refractivity (Wildman–Crippen MR) is 109 cm³/mol. The minimum absolute atomic E-state index is 0.00567.